The summed E-state index contributed by atoms with van der Waals surface area (Å²) in [6.45, 7) is 14.3. The predicted molar refractivity (Wildman–Crippen MR) is 75.8 cm³/mol. The van der Waals surface area contributed by atoms with Crippen LogP contribution in [0.15, 0.2) is 23.8 Å². The van der Waals surface area contributed by atoms with Crippen molar-refractivity contribution in [3.05, 3.63) is 23.8 Å². The molecule has 17 heavy (non-hydrogen) atoms. The summed E-state index contributed by atoms with van der Waals surface area (Å²) >= 11 is 0. The van der Waals surface area contributed by atoms with Crippen molar-refractivity contribution >= 4 is 0 Å². The fraction of sp³-hybridized carbons (Fsp3) is 0.765. The molecule has 0 N–H and O–H groups in total. The maximum Gasteiger partial charge on any atom is 0.0153 e. The van der Waals surface area contributed by atoms with E-state index in [1.54, 1.807) is 5.57 Å². The van der Waals surface area contributed by atoms with Crippen LogP contribution in [0.2, 0.25) is 0 Å². The molecule has 0 aromatic heterocycles. The van der Waals surface area contributed by atoms with Gasteiger partial charge in [-0.25, -0.2) is 0 Å². The first-order valence-corrected chi connectivity index (χ1v) is 7.20. The van der Waals surface area contributed by atoms with Gasteiger partial charge in [-0.3, -0.25) is 0 Å². The van der Waals surface area contributed by atoms with Crippen LogP contribution in [-0.4, -0.2) is 0 Å². The van der Waals surface area contributed by atoms with Crippen LogP contribution in [-0.2, 0) is 0 Å². The lowest BCUT2D eigenvalue weighted by atomic mass is 9.61. The third-order valence-electron chi connectivity index (χ3n) is 4.88. The molecule has 0 heteroatoms. The van der Waals surface area contributed by atoms with Crippen LogP contribution in [0.25, 0.3) is 0 Å². The second-order valence-corrected chi connectivity index (χ2v) is 7.47. The normalized spacial score (nSPS) is 33.9. The van der Waals surface area contributed by atoms with Gasteiger partial charge in [-0.05, 0) is 30.1 Å². The van der Waals surface area contributed by atoms with E-state index in [4.69, 9.17) is 0 Å². The summed E-state index contributed by atoms with van der Waals surface area (Å²) < 4.78 is 0. The maximum absolute atomic E-state index is 2.57. The summed E-state index contributed by atoms with van der Waals surface area (Å²) in [5.41, 5.74) is 2.48. The Morgan fingerprint density at radius 2 is 1.76 bits per heavy atom. The van der Waals surface area contributed by atoms with E-state index in [0.717, 1.165) is 11.8 Å². The molecule has 0 aromatic rings. The quantitative estimate of drug-likeness (QED) is 0.583. The monoisotopic (exact) mass is 232 g/mol. The minimum Gasteiger partial charge on any atom is -0.0801 e. The van der Waals surface area contributed by atoms with Crippen LogP contribution in [0.5, 0.6) is 0 Å². The van der Waals surface area contributed by atoms with E-state index in [0.29, 0.717) is 16.7 Å². The van der Waals surface area contributed by atoms with Crippen molar-refractivity contribution < 1.29 is 0 Å². The Morgan fingerprint density at radius 3 is 2.24 bits per heavy atom. The molecule has 0 nitrogen and oxygen atoms in total. The molecule has 2 rings (SSSR count). The van der Waals surface area contributed by atoms with E-state index in [2.05, 4.69) is 59.8 Å². The van der Waals surface area contributed by atoms with Gasteiger partial charge in [0, 0.05) is 11.3 Å². The Morgan fingerprint density at radius 1 is 1.12 bits per heavy atom. The molecular weight excluding hydrogens is 204 g/mol. The molecule has 0 heterocycles. The van der Waals surface area contributed by atoms with Gasteiger partial charge < -0.3 is 0 Å². The molecular formula is C17H28. The number of rotatable bonds is 4. The molecule has 0 aromatic carbocycles. The van der Waals surface area contributed by atoms with Gasteiger partial charge in [-0.1, -0.05) is 65.3 Å². The molecule has 2 unspecified atom stereocenters. The van der Waals surface area contributed by atoms with Crippen LogP contribution in [0.1, 0.15) is 54.4 Å². The van der Waals surface area contributed by atoms with E-state index < -0.39 is 0 Å². The summed E-state index contributed by atoms with van der Waals surface area (Å²) in [5, 5.41) is 0. The van der Waals surface area contributed by atoms with E-state index in [1.165, 1.54) is 12.8 Å². The van der Waals surface area contributed by atoms with Crippen molar-refractivity contribution in [1.82, 2.24) is 0 Å². The topological polar surface area (TPSA) is 0 Å². The highest BCUT2D eigenvalue weighted by molar-refractivity contribution is 5.42. The smallest absolute Gasteiger partial charge is 0.0153 e. The third kappa shape index (κ3) is 1.80. The summed E-state index contributed by atoms with van der Waals surface area (Å²) in [6, 6.07) is 0. The summed E-state index contributed by atoms with van der Waals surface area (Å²) in [7, 11) is 0. The van der Waals surface area contributed by atoms with E-state index in [1.807, 2.05) is 0 Å². The van der Waals surface area contributed by atoms with Crippen LogP contribution in [0, 0.1) is 28.6 Å². The van der Waals surface area contributed by atoms with Crippen molar-refractivity contribution in [2.75, 3.05) is 0 Å². The number of fused-ring (bicyclic) bond motifs is 2. The largest absolute Gasteiger partial charge is 0.0801 e. The second kappa shape index (κ2) is 4.00. The van der Waals surface area contributed by atoms with Gasteiger partial charge in [0.15, 0.2) is 0 Å². The molecule has 96 valence electrons. The third-order valence-corrected chi connectivity index (χ3v) is 4.88. The highest BCUT2D eigenvalue weighted by Gasteiger charge is 2.56. The summed E-state index contributed by atoms with van der Waals surface area (Å²) in [6.07, 6.45) is 10.1. The van der Waals surface area contributed by atoms with Gasteiger partial charge in [0.05, 0.1) is 0 Å². The Bertz CT molecular complexity index is 354. The van der Waals surface area contributed by atoms with Crippen molar-refractivity contribution in [3.63, 3.8) is 0 Å². The molecule has 2 bridgehead atoms. The predicted octanol–water partition coefficient (Wildman–Crippen LogP) is 5.22. The van der Waals surface area contributed by atoms with Crippen molar-refractivity contribution in [1.29, 1.82) is 0 Å². The first kappa shape index (κ1) is 12.9. The van der Waals surface area contributed by atoms with E-state index in [-0.39, 0.29) is 0 Å². The van der Waals surface area contributed by atoms with Crippen LogP contribution < -0.4 is 0 Å². The molecule has 0 fully saturated rings. The first-order chi connectivity index (χ1) is 7.79. The average molecular weight is 232 g/mol. The van der Waals surface area contributed by atoms with Gasteiger partial charge in [0.25, 0.3) is 0 Å². The summed E-state index contributed by atoms with van der Waals surface area (Å²) in [4.78, 5) is 0. The van der Waals surface area contributed by atoms with E-state index >= 15 is 0 Å². The van der Waals surface area contributed by atoms with Crippen molar-refractivity contribution in [2.45, 2.75) is 54.4 Å². The number of hydrogen-bond acceptors (Lipinski definition) is 0. The molecule has 0 spiro atoms. The zero-order valence-electron chi connectivity index (χ0n) is 12.4. The Hall–Kier alpha value is -0.520. The SMILES string of the molecule is CC(C)CC1=CC2C=CC1(CC(C)C)C2(C)C. The van der Waals surface area contributed by atoms with Gasteiger partial charge in [0.2, 0.25) is 0 Å². The average Bonchev–Trinajstić information content (AvgIpc) is 2.49. The minimum atomic E-state index is 0.357. The zero-order chi connectivity index (χ0) is 12.8. The second-order valence-electron chi connectivity index (χ2n) is 7.47. The van der Waals surface area contributed by atoms with Gasteiger partial charge in [-0.15, -0.1) is 0 Å². The van der Waals surface area contributed by atoms with Crippen LogP contribution >= 0.6 is 0 Å². The molecule has 0 saturated carbocycles. The maximum atomic E-state index is 2.57. The Balaban J connectivity index is 2.34. The zero-order valence-corrected chi connectivity index (χ0v) is 12.4. The van der Waals surface area contributed by atoms with Crippen LogP contribution in [0.4, 0.5) is 0 Å². The van der Waals surface area contributed by atoms with E-state index in [9.17, 15) is 0 Å². The highest BCUT2D eigenvalue weighted by atomic mass is 14.6. The molecule has 2 aliphatic rings. The fourth-order valence-electron chi connectivity index (χ4n) is 3.97. The van der Waals surface area contributed by atoms with Gasteiger partial charge in [0.1, 0.15) is 0 Å². The molecule has 0 radical (unpaired) electrons. The molecule has 2 aliphatic carbocycles. The van der Waals surface area contributed by atoms with Crippen molar-refractivity contribution in [2.24, 2.45) is 28.6 Å². The lowest BCUT2D eigenvalue weighted by Gasteiger charge is -2.42. The van der Waals surface area contributed by atoms with Gasteiger partial charge in [-0.2, -0.15) is 0 Å². The molecule has 0 saturated heterocycles. The fourth-order valence-corrected chi connectivity index (χ4v) is 3.97. The minimum absolute atomic E-state index is 0.357. The van der Waals surface area contributed by atoms with Gasteiger partial charge >= 0.3 is 0 Å². The molecule has 0 aliphatic heterocycles. The van der Waals surface area contributed by atoms with Crippen LogP contribution in [0.3, 0.4) is 0 Å². The standard InChI is InChI=1S/C17H28/c1-12(2)9-15-10-14-7-8-17(15,11-13(3)4)16(14,5)6/h7-8,10,12-14H,9,11H2,1-6H3. The highest BCUT2D eigenvalue weighted by Crippen LogP contribution is 2.65. The number of allylic oxidation sites excluding steroid dienone is 4. The first-order valence-electron chi connectivity index (χ1n) is 7.20. The molecule has 0 amide bonds. The summed E-state index contributed by atoms with van der Waals surface area (Å²) in [5.74, 6) is 2.22. The lowest BCUT2D eigenvalue weighted by Crippen LogP contribution is -2.35. The Labute approximate surface area is 107 Å². The lowest BCUT2D eigenvalue weighted by molar-refractivity contribution is 0.143. The molecule has 2 atom stereocenters. The van der Waals surface area contributed by atoms with Crippen molar-refractivity contribution in [3.8, 4) is 0 Å². The number of hydrogen-bond donors (Lipinski definition) is 0. The Kier molecular flexibility index (Phi) is 3.04.